The molecule has 0 spiro atoms. The third kappa shape index (κ3) is 5.04. The smallest absolute Gasteiger partial charge is 0.0284 e. The summed E-state index contributed by atoms with van der Waals surface area (Å²) in [7, 11) is 0. The van der Waals surface area contributed by atoms with Crippen molar-refractivity contribution in [3.8, 4) is 33.4 Å². The minimum atomic E-state index is 0.994. The van der Waals surface area contributed by atoms with Gasteiger partial charge in [-0.25, -0.2) is 0 Å². The Morgan fingerprint density at radius 2 is 0.776 bits per heavy atom. The standard InChI is InChI=1S/C58H36/c1-3-17-40-34-42(30-28-37(40)14-1)55-47-21-7-8-22-48(47)57(43-31-29-38-15-2-4-18-41(38)35-43)54-36-44(32-33-53(54)55)56-49-23-9-11-25-51(49)58(52-26-12-10-24-50(52)56)46-27-13-19-39-16-5-6-20-45(39)46/h1-4,6-12,14-15,17-26,28-36H,13,27H2. The first-order chi connectivity index (χ1) is 28.8. The lowest BCUT2D eigenvalue weighted by Crippen LogP contribution is -2.28. The topological polar surface area (TPSA) is 0 Å². The molecule has 0 radical (unpaired) electrons. The maximum absolute atomic E-state index is 3.40. The molecule has 0 fully saturated rings. The van der Waals surface area contributed by atoms with E-state index in [1.54, 1.807) is 0 Å². The van der Waals surface area contributed by atoms with Crippen LogP contribution in [0.5, 0.6) is 0 Å². The van der Waals surface area contributed by atoms with Crippen LogP contribution in [-0.2, 0) is 0 Å². The van der Waals surface area contributed by atoms with E-state index in [4.69, 9.17) is 0 Å². The van der Waals surface area contributed by atoms with Gasteiger partial charge < -0.3 is 0 Å². The molecule has 0 aromatic heterocycles. The Hall–Kier alpha value is -7.46. The lowest BCUT2D eigenvalue weighted by atomic mass is 9.81. The first-order valence-corrected chi connectivity index (χ1v) is 20.3. The van der Waals surface area contributed by atoms with Crippen LogP contribution in [0.1, 0.15) is 18.4 Å². The van der Waals surface area contributed by atoms with Crippen molar-refractivity contribution < 1.29 is 0 Å². The van der Waals surface area contributed by atoms with Gasteiger partial charge in [0, 0.05) is 5.22 Å². The molecule has 268 valence electrons. The summed E-state index contributed by atoms with van der Waals surface area (Å²) >= 11 is 0. The molecule has 0 saturated carbocycles. The molecule has 0 unspecified atom stereocenters. The van der Waals surface area contributed by atoms with Gasteiger partial charge in [0.05, 0.1) is 0 Å². The summed E-state index contributed by atoms with van der Waals surface area (Å²) in [5.41, 5.74) is 10.2. The van der Waals surface area contributed by atoms with E-state index >= 15 is 0 Å². The molecule has 0 heterocycles. The average molecular weight is 733 g/mol. The fourth-order valence-electron chi connectivity index (χ4n) is 9.99. The summed E-state index contributed by atoms with van der Waals surface area (Å²) in [5, 5.41) is 17.6. The molecule has 1 aliphatic rings. The predicted octanol–water partition coefficient (Wildman–Crippen LogP) is 14.0. The highest BCUT2D eigenvalue weighted by molar-refractivity contribution is 6.24. The summed E-state index contributed by atoms with van der Waals surface area (Å²) in [4.78, 5) is 0. The molecule has 0 saturated heterocycles. The fraction of sp³-hybridized carbons (Fsp3) is 0.0345. The van der Waals surface area contributed by atoms with Crippen LogP contribution < -0.4 is 10.4 Å². The fourth-order valence-corrected chi connectivity index (χ4v) is 9.99. The van der Waals surface area contributed by atoms with E-state index in [0.29, 0.717) is 0 Å². The molecule has 0 atom stereocenters. The van der Waals surface area contributed by atoms with Gasteiger partial charge in [0.25, 0.3) is 0 Å². The van der Waals surface area contributed by atoms with Gasteiger partial charge in [0.1, 0.15) is 0 Å². The van der Waals surface area contributed by atoms with Crippen molar-refractivity contribution in [2.24, 2.45) is 0 Å². The van der Waals surface area contributed by atoms with E-state index in [2.05, 4.69) is 200 Å². The van der Waals surface area contributed by atoms with Crippen LogP contribution in [-0.4, -0.2) is 0 Å². The van der Waals surface area contributed by atoms with Gasteiger partial charge in [-0.05, 0) is 158 Å². The first-order valence-electron chi connectivity index (χ1n) is 20.3. The maximum Gasteiger partial charge on any atom is 0.0284 e. The Bertz CT molecular complexity index is 3560. The minimum Gasteiger partial charge on any atom is -0.0696 e. The lowest BCUT2D eigenvalue weighted by molar-refractivity contribution is 1.08. The van der Waals surface area contributed by atoms with Gasteiger partial charge >= 0.3 is 0 Å². The zero-order chi connectivity index (χ0) is 38.2. The highest BCUT2D eigenvalue weighted by Crippen LogP contribution is 2.48. The van der Waals surface area contributed by atoms with Crippen LogP contribution in [0.2, 0.25) is 0 Å². The number of fused-ring (bicyclic) bond motifs is 7. The van der Waals surface area contributed by atoms with E-state index in [0.717, 1.165) is 18.1 Å². The largest absolute Gasteiger partial charge is 0.0696 e. The number of benzene rings is 10. The zero-order valence-electron chi connectivity index (χ0n) is 31.9. The summed E-state index contributed by atoms with van der Waals surface area (Å²) in [5.74, 6) is 0. The Balaban J connectivity index is 1.21. The molecule has 11 aromatic carbocycles. The van der Waals surface area contributed by atoms with Crippen LogP contribution in [0.3, 0.4) is 0 Å². The molecule has 0 N–H and O–H groups in total. The van der Waals surface area contributed by atoms with Crippen molar-refractivity contribution >= 4 is 76.3 Å². The third-order valence-electron chi connectivity index (χ3n) is 12.5. The van der Waals surface area contributed by atoms with Gasteiger partial charge in [-0.2, -0.15) is 0 Å². The van der Waals surface area contributed by atoms with Crippen molar-refractivity contribution in [1.82, 2.24) is 0 Å². The Labute approximate surface area is 337 Å². The molecular formula is C58H36. The van der Waals surface area contributed by atoms with Crippen molar-refractivity contribution in [2.75, 3.05) is 0 Å². The predicted molar refractivity (Wildman–Crippen MR) is 247 cm³/mol. The highest BCUT2D eigenvalue weighted by Gasteiger charge is 2.22. The lowest BCUT2D eigenvalue weighted by Gasteiger charge is -2.22. The van der Waals surface area contributed by atoms with E-state index < -0.39 is 0 Å². The van der Waals surface area contributed by atoms with Crippen molar-refractivity contribution in [3.05, 3.63) is 216 Å². The monoisotopic (exact) mass is 732 g/mol. The maximum atomic E-state index is 3.40. The van der Waals surface area contributed by atoms with E-state index in [1.807, 2.05) is 6.07 Å². The molecule has 11 aromatic rings. The number of rotatable bonds is 4. The second kappa shape index (κ2) is 13.1. The van der Waals surface area contributed by atoms with E-state index in [-0.39, 0.29) is 0 Å². The second-order valence-corrected chi connectivity index (χ2v) is 15.7. The molecule has 12 rings (SSSR count). The van der Waals surface area contributed by atoms with Crippen LogP contribution in [0.15, 0.2) is 188 Å². The number of hydrogen-bond donors (Lipinski definition) is 0. The van der Waals surface area contributed by atoms with Gasteiger partial charge in [-0.3, -0.25) is 0 Å². The highest BCUT2D eigenvalue weighted by atomic mass is 14.2. The minimum absolute atomic E-state index is 0.994. The Morgan fingerprint density at radius 3 is 1.33 bits per heavy atom. The zero-order valence-corrected chi connectivity index (χ0v) is 31.9. The van der Waals surface area contributed by atoms with Crippen LogP contribution in [0, 0.1) is 12.1 Å². The van der Waals surface area contributed by atoms with Gasteiger partial charge in [-0.1, -0.05) is 176 Å². The summed E-state index contributed by atoms with van der Waals surface area (Å²) in [6.45, 7) is 0. The SMILES string of the molecule is c1ccc2c(c#1)=CCCC=2c1c2ccccc2c(-c2ccc3c(-c4ccc5ccccc5c4)c4ccccc4c(-c4ccc5ccccc5c4)c3c2)c2ccccc12. The molecule has 0 amide bonds. The molecule has 0 nitrogen and oxygen atoms in total. The van der Waals surface area contributed by atoms with Crippen LogP contribution >= 0.6 is 0 Å². The van der Waals surface area contributed by atoms with Gasteiger partial charge in [-0.15, -0.1) is 0 Å². The normalized spacial score (nSPS) is 12.7. The molecular weight excluding hydrogens is 697 g/mol. The summed E-state index contributed by atoms with van der Waals surface area (Å²) in [6.07, 6.45) is 4.30. The average Bonchev–Trinajstić information content (AvgIpc) is 3.29. The molecule has 1 aliphatic carbocycles. The Morgan fingerprint density at radius 1 is 0.345 bits per heavy atom. The van der Waals surface area contributed by atoms with E-state index in [1.165, 1.54) is 114 Å². The quantitative estimate of drug-likeness (QED) is 0.158. The van der Waals surface area contributed by atoms with Crippen molar-refractivity contribution in [1.29, 1.82) is 0 Å². The molecule has 0 aliphatic heterocycles. The number of hydrogen-bond acceptors (Lipinski definition) is 0. The summed E-state index contributed by atoms with van der Waals surface area (Å²) < 4.78 is 0. The third-order valence-corrected chi connectivity index (χ3v) is 12.5. The molecule has 0 heteroatoms. The van der Waals surface area contributed by atoms with Crippen LogP contribution in [0.25, 0.3) is 110 Å². The van der Waals surface area contributed by atoms with Gasteiger partial charge in [0.2, 0.25) is 0 Å². The molecule has 58 heavy (non-hydrogen) atoms. The second-order valence-electron chi connectivity index (χ2n) is 15.7. The first kappa shape index (κ1) is 32.8. The van der Waals surface area contributed by atoms with Gasteiger partial charge in [0.15, 0.2) is 0 Å². The Kier molecular flexibility index (Phi) is 7.37. The van der Waals surface area contributed by atoms with Crippen molar-refractivity contribution in [3.63, 3.8) is 0 Å². The summed E-state index contributed by atoms with van der Waals surface area (Å²) in [6, 6.07) is 76.6. The van der Waals surface area contributed by atoms with Crippen LogP contribution in [0.4, 0.5) is 0 Å². The van der Waals surface area contributed by atoms with E-state index in [9.17, 15) is 0 Å². The molecule has 0 bridgehead atoms. The van der Waals surface area contributed by atoms with Crippen molar-refractivity contribution in [2.45, 2.75) is 12.8 Å².